The molecule has 0 saturated carbocycles. The van der Waals surface area contributed by atoms with Crippen LogP contribution in [0.25, 0.3) is 22.7 Å². The number of methoxy groups -OCH3 is 1. The Morgan fingerprint density at radius 3 is 2.61 bits per heavy atom. The van der Waals surface area contributed by atoms with Crippen molar-refractivity contribution in [2.45, 2.75) is 6.92 Å². The number of rotatable bonds is 6. The van der Waals surface area contributed by atoms with E-state index in [0.29, 0.717) is 11.7 Å². The Balaban J connectivity index is 1.62. The summed E-state index contributed by atoms with van der Waals surface area (Å²) in [6.07, 6.45) is 6.85. The predicted molar refractivity (Wildman–Crippen MR) is 106 cm³/mol. The molecule has 0 spiro atoms. The quantitative estimate of drug-likeness (QED) is 0.644. The van der Waals surface area contributed by atoms with E-state index in [-0.39, 0.29) is 0 Å². The summed E-state index contributed by atoms with van der Waals surface area (Å²) < 4.78 is 11.0. The molecule has 3 aromatic rings. The minimum Gasteiger partial charge on any atom is -0.460 e. The van der Waals surface area contributed by atoms with Gasteiger partial charge in [0.2, 0.25) is 5.95 Å². The maximum absolute atomic E-state index is 5.86. The average molecular weight is 380 g/mol. The first-order valence-electron chi connectivity index (χ1n) is 9.41. The van der Waals surface area contributed by atoms with Crippen molar-refractivity contribution in [1.82, 2.24) is 24.8 Å². The van der Waals surface area contributed by atoms with Crippen molar-refractivity contribution in [2.75, 3.05) is 51.3 Å². The minimum absolute atomic E-state index is 0.709. The molecular formula is C20H24N6O2. The van der Waals surface area contributed by atoms with Crippen molar-refractivity contribution in [2.24, 2.45) is 0 Å². The van der Waals surface area contributed by atoms with Gasteiger partial charge in [-0.25, -0.2) is 9.97 Å². The fourth-order valence-electron chi connectivity index (χ4n) is 3.29. The molecule has 0 bridgehead atoms. The molecule has 0 unspecified atom stereocenters. The Kier molecular flexibility index (Phi) is 5.59. The number of nitrogens with zero attached hydrogens (tertiary/aromatic N) is 6. The summed E-state index contributed by atoms with van der Waals surface area (Å²) in [5.41, 5.74) is 2.27. The third kappa shape index (κ3) is 4.02. The van der Waals surface area contributed by atoms with Crippen LogP contribution in [0.2, 0.25) is 0 Å². The van der Waals surface area contributed by atoms with Gasteiger partial charge in [0.15, 0.2) is 5.76 Å². The minimum atomic E-state index is 0.709. The van der Waals surface area contributed by atoms with Crippen LogP contribution in [0.5, 0.6) is 0 Å². The van der Waals surface area contributed by atoms with Gasteiger partial charge in [-0.15, -0.1) is 0 Å². The SMILES string of the molecule is COCCN1CCN(c2ncc(-c3cnccn3)c(-c3ccc(C)o3)n2)CC1. The van der Waals surface area contributed by atoms with Crippen molar-refractivity contribution in [3.63, 3.8) is 0 Å². The van der Waals surface area contributed by atoms with Gasteiger partial charge in [-0.1, -0.05) is 0 Å². The van der Waals surface area contributed by atoms with Crippen LogP contribution in [0, 0.1) is 6.92 Å². The van der Waals surface area contributed by atoms with Crippen LogP contribution in [0.4, 0.5) is 5.95 Å². The molecule has 8 nitrogen and oxygen atoms in total. The van der Waals surface area contributed by atoms with E-state index in [1.54, 1.807) is 25.7 Å². The number of ether oxygens (including phenoxy) is 1. The second-order valence-corrected chi connectivity index (χ2v) is 6.75. The first-order valence-corrected chi connectivity index (χ1v) is 9.41. The molecule has 0 radical (unpaired) electrons. The fourth-order valence-corrected chi connectivity index (χ4v) is 3.29. The molecule has 28 heavy (non-hydrogen) atoms. The standard InChI is InChI=1S/C20H24N6O2/c1-15-3-4-18(28-15)19-16(17-14-21-5-6-22-17)13-23-20(24-19)26-9-7-25(8-10-26)11-12-27-2/h3-6,13-14H,7-12H2,1-2H3. The summed E-state index contributed by atoms with van der Waals surface area (Å²) >= 11 is 0. The summed E-state index contributed by atoms with van der Waals surface area (Å²) in [6.45, 7) is 7.32. The van der Waals surface area contributed by atoms with E-state index in [1.165, 1.54) is 0 Å². The Bertz CT molecular complexity index is 906. The molecule has 0 N–H and O–H groups in total. The summed E-state index contributed by atoms with van der Waals surface area (Å²) in [4.78, 5) is 22.7. The highest BCUT2D eigenvalue weighted by Crippen LogP contribution is 2.31. The molecule has 0 atom stereocenters. The van der Waals surface area contributed by atoms with E-state index in [2.05, 4.69) is 24.8 Å². The summed E-state index contributed by atoms with van der Waals surface area (Å²) in [6, 6.07) is 3.87. The van der Waals surface area contributed by atoms with Crippen LogP contribution in [0.15, 0.2) is 41.3 Å². The smallest absolute Gasteiger partial charge is 0.226 e. The fraction of sp³-hybridized carbons (Fsp3) is 0.400. The van der Waals surface area contributed by atoms with E-state index < -0.39 is 0 Å². The second kappa shape index (κ2) is 8.45. The average Bonchev–Trinajstić information content (AvgIpc) is 3.19. The molecular weight excluding hydrogens is 356 g/mol. The summed E-state index contributed by atoms with van der Waals surface area (Å²) in [5, 5.41) is 0. The number of hydrogen-bond donors (Lipinski definition) is 0. The van der Waals surface area contributed by atoms with Gasteiger partial charge in [0.25, 0.3) is 0 Å². The van der Waals surface area contributed by atoms with Gasteiger partial charge in [0.1, 0.15) is 11.5 Å². The van der Waals surface area contributed by atoms with Crippen molar-refractivity contribution in [1.29, 1.82) is 0 Å². The lowest BCUT2D eigenvalue weighted by Gasteiger charge is -2.34. The van der Waals surface area contributed by atoms with Crippen molar-refractivity contribution < 1.29 is 9.15 Å². The zero-order valence-corrected chi connectivity index (χ0v) is 16.2. The van der Waals surface area contributed by atoms with Crippen LogP contribution in [-0.2, 0) is 4.74 Å². The summed E-state index contributed by atoms with van der Waals surface area (Å²) in [7, 11) is 1.74. The van der Waals surface area contributed by atoms with Gasteiger partial charge in [0, 0.05) is 64.0 Å². The molecule has 3 aromatic heterocycles. The number of aryl methyl sites for hydroxylation is 1. The molecule has 8 heteroatoms. The lowest BCUT2D eigenvalue weighted by molar-refractivity contribution is 0.143. The molecule has 1 aliphatic heterocycles. The number of aromatic nitrogens is 4. The Morgan fingerprint density at radius 2 is 1.93 bits per heavy atom. The Hall–Kier alpha value is -2.84. The van der Waals surface area contributed by atoms with Gasteiger partial charge >= 0.3 is 0 Å². The maximum Gasteiger partial charge on any atom is 0.226 e. The molecule has 1 saturated heterocycles. The highest BCUT2D eigenvalue weighted by molar-refractivity contribution is 5.76. The van der Waals surface area contributed by atoms with E-state index in [4.69, 9.17) is 14.1 Å². The van der Waals surface area contributed by atoms with Gasteiger partial charge < -0.3 is 14.1 Å². The van der Waals surface area contributed by atoms with Crippen LogP contribution >= 0.6 is 0 Å². The van der Waals surface area contributed by atoms with Gasteiger partial charge in [-0.05, 0) is 19.1 Å². The Morgan fingerprint density at radius 1 is 1.07 bits per heavy atom. The maximum atomic E-state index is 5.86. The number of anilines is 1. The van der Waals surface area contributed by atoms with Crippen LogP contribution in [-0.4, -0.2) is 71.3 Å². The zero-order valence-electron chi connectivity index (χ0n) is 16.2. The lowest BCUT2D eigenvalue weighted by atomic mass is 10.1. The molecule has 1 fully saturated rings. The molecule has 0 amide bonds. The normalized spacial score (nSPS) is 15.1. The van der Waals surface area contributed by atoms with Gasteiger partial charge in [-0.3, -0.25) is 14.9 Å². The van der Waals surface area contributed by atoms with Crippen molar-refractivity contribution >= 4 is 5.95 Å². The number of hydrogen-bond acceptors (Lipinski definition) is 8. The number of furan rings is 1. The first kappa shape index (κ1) is 18.5. The molecule has 1 aliphatic rings. The zero-order chi connectivity index (χ0) is 19.3. The predicted octanol–water partition coefficient (Wildman–Crippen LogP) is 2.27. The molecule has 0 aromatic carbocycles. The molecule has 146 valence electrons. The highest BCUT2D eigenvalue weighted by Gasteiger charge is 2.22. The van der Waals surface area contributed by atoms with Gasteiger partial charge in [-0.2, -0.15) is 0 Å². The third-order valence-electron chi connectivity index (χ3n) is 4.86. The Labute approximate surface area is 164 Å². The van der Waals surface area contributed by atoms with Crippen LogP contribution in [0.3, 0.4) is 0 Å². The number of piperazine rings is 1. The monoisotopic (exact) mass is 380 g/mol. The van der Waals surface area contributed by atoms with E-state index in [1.807, 2.05) is 25.3 Å². The molecule has 0 aliphatic carbocycles. The van der Waals surface area contributed by atoms with E-state index in [0.717, 1.165) is 62.0 Å². The molecule has 4 heterocycles. The van der Waals surface area contributed by atoms with E-state index in [9.17, 15) is 0 Å². The topological polar surface area (TPSA) is 80.4 Å². The highest BCUT2D eigenvalue weighted by atomic mass is 16.5. The van der Waals surface area contributed by atoms with Crippen molar-refractivity contribution in [3.8, 4) is 22.7 Å². The van der Waals surface area contributed by atoms with Crippen LogP contribution < -0.4 is 4.90 Å². The van der Waals surface area contributed by atoms with E-state index >= 15 is 0 Å². The largest absolute Gasteiger partial charge is 0.460 e. The van der Waals surface area contributed by atoms with Crippen molar-refractivity contribution in [3.05, 3.63) is 42.7 Å². The first-order chi connectivity index (χ1) is 13.7. The second-order valence-electron chi connectivity index (χ2n) is 6.75. The van der Waals surface area contributed by atoms with Crippen LogP contribution in [0.1, 0.15) is 5.76 Å². The lowest BCUT2D eigenvalue weighted by Crippen LogP contribution is -2.47. The summed E-state index contributed by atoms with van der Waals surface area (Å²) in [5.74, 6) is 2.26. The molecule has 4 rings (SSSR count). The van der Waals surface area contributed by atoms with Gasteiger partial charge in [0.05, 0.1) is 18.5 Å². The third-order valence-corrected chi connectivity index (χ3v) is 4.86.